The number of hydrogen-bond donors (Lipinski definition) is 1. The van der Waals surface area contributed by atoms with Crippen molar-refractivity contribution in [3.63, 3.8) is 0 Å². The third-order valence-corrected chi connectivity index (χ3v) is 4.30. The molecule has 90 valence electrons. The summed E-state index contributed by atoms with van der Waals surface area (Å²) in [7, 11) is 2.01. The standard InChI is InChI=1S/C12H15N3OS/c1-14-8-13-11-15(9-14)12(16,7-17-11)10-5-3-2-4-6-10/h2-6,16H,7-9H2,1H3. The highest BCUT2D eigenvalue weighted by atomic mass is 32.2. The summed E-state index contributed by atoms with van der Waals surface area (Å²) in [5, 5.41) is 11.8. The first-order valence-corrected chi connectivity index (χ1v) is 6.60. The Balaban J connectivity index is 1.99. The normalized spacial score (nSPS) is 29.1. The lowest BCUT2D eigenvalue weighted by Crippen LogP contribution is -2.51. The van der Waals surface area contributed by atoms with E-state index in [0.717, 1.165) is 17.4 Å². The lowest BCUT2D eigenvalue weighted by atomic mass is 10.0. The molecule has 0 spiro atoms. The Labute approximate surface area is 105 Å². The van der Waals surface area contributed by atoms with E-state index in [4.69, 9.17) is 0 Å². The SMILES string of the molecule is CN1CN=C2SCC(O)(c3ccccc3)N2C1. The number of nitrogens with zero attached hydrogens (tertiary/aromatic N) is 3. The maximum absolute atomic E-state index is 10.9. The number of thioether (sulfide) groups is 1. The summed E-state index contributed by atoms with van der Waals surface area (Å²) < 4.78 is 0. The average molecular weight is 249 g/mol. The van der Waals surface area contributed by atoms with E-state index in [0.29, 0.717) is 12.4 Å². The van der Waals surface area contributed by atoms with Crippen LogP contribution in [0.2, 0.25) is 0 Å². The summed E-state index contributed by atoms with van der Waals surface area (Å²) in [4.78, 5) is 8.53. The minimum atomic E-state index is -0.917. The second-order valence-corrected chi connectivity index (χ2v) is 5.42. The number of rotatable bonds is 1. The molecule has 0 amide bonds. The molecule has 1 saturated heterocycles. The maximum atomic E-state index is 10.9. The number of aliphatic imine (C=N–C) groups is 1. The van der Waals surface area contributed by atoms with Gasteiger partial charge in [0.05, 0.1) is 19.1 Å². The van der Waals surface area contributed by atoms with Crippen LogP contribution in [-0.4, -0.2) is 46.2 Å². The van der Waals surface area contributed by atoms with Crippen molar-refractivity contribution >= 4 is 16.9 Å². The Morgan fingerprint density at radius 1 is 1.35 bits per heavy atom. The van der Waals surface area contributed by atoms with E-state index >= 15 is 0 Å². The first-order valence-electron chi connectivity index (χ1n) is 5.61. The molecule has 0 bridgehead atoms. The second kappa shape index (κ2) is 4.01. The van der Waals surface area contributed by atoms with Gasteiger partial charge in [-0.1, -0.05) is 42.1 Å². The summed E-state index contributed by atoms with van der Waals surface area (Å²) in [6, 6.07) is 9.82. The largest absolute Gasteiger partial charge is 0.366 e. The fourth-order valence-electron chi connectivity index (χ4n) is 2.20. The molecule has 0 saturated carbocycles. The number of aliphatic hydroxyl groups is 1. The highest BCUT2D eigenvalue weighted by Crippen LogP contribution is 2.39. The molecule has 0 aromatic heterocycles. The number of benzene rings is 1. The summed E-state index contributed by atoms with van der Waals surface area (Å²) in [5.41, 5.74) is 0.0207. The van der Waals surface area contributed by atoms with Gasteiger partial charge in [0.1, 0.15) is 0 Å². The van der Waals surface area contributed by atoms with Gasteiger partial charge in [-0.15, -0.1) is 0 Å². The first-order chi connectivity index (χ1) is 8.20. The third-order valence-electron chi connectivity index (χ3n) is 3.15. The lowest BCUT2D eigenvalue weighted by molar-refractivity contribution is -0.0701. The topological polar surface area (TPSA) is 39.1 Å². The van der Waals surface area contributed by atoms with Crippen molar-refractivity contribution in [2.45, 2.75) is 5.72 Å². The van der Waals surface area contributed by atoms with Crippen molar-refractivity contribution in [3.05, 3.63) is 35.9 Å². The van der Waals surface area contributed by atoms with Gasteiger partial charge < -0.3 is 10.0 Å². The summed E-state index contributed by atoms with van der Waals surface area (Å²) in [6.07, 6.45) is 0. The quantitative estimate of drug-likeness (QED) is 0.809. The van der Waals surface area contributed by atoms with Crippen LogP contribution in [0.5, 0.6) is 0 Å². The van der Waals surface area contributed by atoms with Gasteiger partial charge in [0, 0.05) is 5.56 Å². The van der Waals surface area contributed by atoms with E-state index in [2.05, 4.69) is 9.89 Å². The lowest BCUT2D eigenvalue weighted by Gasteiger charge is -2.39. The molecule has 3 rings (SSSR count). The van der Waals surface area contributed by atoms with Crippen molar-refractivity contribution in [1.82, 2.24) is 9.80 Å². The van der Waals surface area contributed by atoms with Crippen LogP contribution in [0.3, 0.4) is 0 Å². The molecular weight excluding hydrogens is 234 g/mol. The molecule has 2 aliphatic heterocycles. The van der Waals surface area contributed by atoms with Gasteiger partial charge in [0.25, 0.3) is 0 Å². The van der Waals surface area contributed by atoms with Crippen LogP contribution in [0.4, 0.5) is 0 Å². The fourth-order valence-corrected chi connectivity index (χ4v) is 3.37. The van der Waals surface area contributed by atoms with Crippen LogP contribution >= 0.6 is 11.8 Å². The Morgan fingerprint density at radius 3 is 2.88 bits per heavy atom. The summed E-state index contributed by atoms with van der Waals surface area (Å²) in [6.45, 7) is 1.43. The first kappa shape index (κ1) is 11.1. The monoisotopic (exact) mass is 249 g/mol. The Hall–Kier alpha value is -1.04. The molecule has 4 nitrogen and oxygen atoms in total. The molecule has 2 heterocycles. The van der Waals surface area contributed by atoms with Gasteiger partial charge in [-0.25, -0.2) is 4.99 Å². The molecule has 2 aliphatic rings. The van der Waals surface area contributed by atoms with Gasteiger partial charge in [-0.2, -0.15) is 0 Å². The van der Waals surface area contributed by atoms with E-state index in [-0.39, 0.29) is 0 Å². The highest BCUT2D eigenvalue weighted by molar-refractivity contribution is 8.14. The number of fused-ring (bicyclic) bond motifs is 1. The second-order valence-electron chi connectivity index (χ2n) is 4.48. The van der Waals surface area contributed by atoms with Gasteiger partial charge in [-0.3, -0.25) is 4.90 Å². The van der Waals surface area contributed by atoms with E-state index in [1.54, 1.807) is 11.8 Å². The zero-order chi connectivity index (χ0) is 11.9. The van der Waals surface area contributed by atoms with Crippen molar-refractivity contribution < 1.29 is 5.11 Å². The van der Waals surface area contributed by atoms with Crippen LogP contribution in [0.15, 0.2) is 35.3 Å². The van der Waals surface area contributed by atoms with Gasteiger partial charge in [0.15, 0.2) is 10.9 Å². The minimum absolute atomic E-state index is 0.643. The number of amidine groups is 1. The predicted molar refractivity (Wildman–Crippen MR) is 69.6 cm³/mol. The zero-order valence-electron chi connectivity index (χ0n) is 9.71. The summed E-state index contributed by atoms with van der Waals surface area (Å²) >= 11 is 1.63. The predicted octanol–water partition coefficient (Wildman–Crippen LogP) is 1.10. The van der Waals surface area contributed by atoms with E-state index in [9.17, 15) is 5.11 Å². The van der Waals surface area contributed by atoms with Gasteiger partial charge in [-0.05, 0) is 7.05 Å². The van der Waals surface area contributed by atoms with E-state index < -0.39 is 5.72 Å². The molecule has 1 aromatic rings. The highest BCUT2D eigenvalue weighted by Gasteiger charge is 2.46. The average Bonchev–Trinajstić information content (AvgIpc) is 2.70. The van der Waals surface area contributed by atoms with Crippen LogP contribution in [-0.2, 0) is 5.72 Å². The number of hydrogen-bond acceptors (Lipinski definition) is 5. The van der Waals surface area contributed by atoms with Crippen LogP contribution < -0.4 is 0 Å². The molecule has 5 heteroatoms. The fraction of sp³-hybridized carbons (Fsp3) is 0.417. The molecule has 1 unspecified atom stereocenters. The van der Waals surface area contributed by atoms with Crippen LogP contribution in [0.1, 0.15) is 5.56 Å². The van der Waals surface area contributed by atoms with Crippen molar-refractivity contribution in [1.29, 1.82) is 0 Å². The minimum Gasteiger partial charge on any atom is -0.366 e. The molecule has 1 atom stereocenters. The smallest absolute Gasteiger partial charge is 0.176 e. The summed E-state index contributed by atoms with van der Waals surface area (Å²) in [5.74, 6) is 0.643. The molecule has 1 N–H and O–H groups in total. The van der Waals surface area contributed by atoms with Gasteiger partial charge >= 0.3 is 0 Å². The van der Waals surface area contributed by atoms with E-state index in [1.165, 1.54) is 0 Å². The van der Waals surface area contributed by atoms with Gasteiger partial charge in [0.2, 0.25) is 0 Å². The molecule has 1 fully saturated rings. The Bertz CT molecular complexity index is 450. The zero-order valence-corrected chi connectivity index (χ0v) is 10.5. The molecular formula is C12H15N3OS. The van der Waals surface area contributed by atoms with Crippen LogP contribution in [0, 0.1) is 0 Å². The molecule has 0 aliphatic carbocycles. The van der Waals surface area contributed by atoms with Crippen LogP contribution in [0.25, 0.3) is 0 Å². The van der Waals surface area contributed by atoms with Crippen molar-refractivity contribution in [2.75, 3.05) is 26.1 Å². The Morgan fingerprint density at radius 2 is 2.12 bits per heavy atom. The Kier molecular flexibility index (Phi) is 2.61. The van der Waals surface area contributed by atoms with Crippen molar-refractivity contribution in [3.8, 4) is 0 Å². The third kappa shape index (κ3) is 1.74. The van der Waals surface area contributed by atoms with E-state index in [1.807, 2.05) is 42.3 Å². The maximum Gasteiger partial charge on any atom is 0.176 e. The molecule has 0 radical (unpaired) electrons. The molecule has 17 heavy (non-hydrogen) atoms. The molecule has 1 aromatic carbocycles. The van der Waals surface area contributed by atoms with Crippen molar-refractivity contribution in [2.24, 2.45) is 4.99 Å².